The van der Waals surface area contributed by atoms with Crippen LogP contribution in [0.15, 0.2) is 36.5 Å². The Balaban J connectivity index is 1.80. The predicted octanol–water partition coefficient (Wildman–Crippen LogP) is 2.67. The third kappa shape index (κ3) is 3.17. The molecule has 1 N–H and O–H groups in total. The number of aromatic nitrogens is 1. The highest BCUT2D eigenvalue weighted by Gasteiger charge is 2.14. The number of benzene rings is 1. The summed E-state index contributed by atoms with van der Waals surface area (Å²) in [6.07, 6.45) is 3.12. The Hall–Kier alpha value is -1.45. The molecule has 0 aliphatic carbocycles. The maximum atomic E-state index is 4.57. The van der Waals surface area contributed by atoms with Gasteiger partial charge in [0.15, 0.2) is 0 Å². The van der Waals surface area contributed by atoms with Gasteiger partial charge in [-0.1, -0.05) is 31.2 Å². The van der Waals surface area contributed by atoms with Crippen molar-refractivity contribution in [2.24, 2.45) is 5.92 Å². The molecule has 0 bridgehead atoms. The van der Waals surface area contributed by atoms with Gasteiger partial charge in [0.2, 0.25) is 0 Å². The van der Waals surface area contributed by atoms with Gasteiger partial charge in [0.05, 0.1) is 5.52 Å². The zero-order valence-corrected chi connectivity index (χ0v) is 12.2. The van der Waals surface area contributed by atoms with Gasteiger partial charge in [0, 0.05) is 24.7 Å². The Morgan fingerprint density at radius 2 is 2.20 bits per heavy atom. The van der Waals surface area contributed by atoms with Crippen molar-refractivity contribution in [3.63, 3.8) is 0 Å². The number of hydrogen-bond acceptors (Lipinski definition) is 3. The summed E-state index contributed by atoms with van der Waals surface area (Å²) in [7, 11) is 0. The van der Waals surface area contributed by atoms with Crippen LogP contribution in [0.2, 0.25) is 0 Å². The van der Waals surface area contributed by atoms with Crippen molar-refractivity contribution in [3.05, 3.63) is 42.1 Å². The number of hydrogen-bond donors (Lipinski definition) is 1. The first kappa shape index (κ1) is 13.5. The zero-order valence-electron chi connectivity index (χ0n) is 12.2. The van der Waals surface area contributed by atoms with Gasteiger partial charge >= 0.3 is 0 Å². The fourth-order valence-corrected chi connectivity index (χ4v) is 3.05. The number of pyridine rings is 1. The molecule has 1 saturated heterocycles. The van der Waals surface area contributed by atoms with E-state index in [2.05, 4.69) is 46.4 Å². The molecule has 0 saturated carbocycles. The van der Waals surface area contributed by atoms with Crippen LogP contribution in [0.3, 0.4) is 0 Å². The minimum Gasteiger partial charge on any atom is -0.316 e. The molecular formula is C17H23N3. The lowest BCUT2D eigenvalue weighted by molar-refractivity contribution is 0.209. The van der Waals surface area contributed by atoms with Crippen molar-refractivity contribution < 1.29 is 0 Å². The first-order chi connectivity index (χ1) is 9.83. The minimum atomic E-state index is 0.707. The van der Waals surface area contributed by atoms with Crippen LogP contribution in [0.4, 0.5) is 0 Å². The van der Waals surface area contributed by atoms with Crippen molar-refractivity contribution >= 4 is 10.9 Å². The van der Waals surface area contributed by atoms with Crippen LogP contribution in [0.5, 0.6) is 0 Å². The summed E-state index contributed by atoms with van der Waals surface area (Å²) in [5, 5.41) is 4.75. The lowest BCUT2D eigenvalue weighted by atomic mass is 10.1. The number of para-hydroxylation sites is 1. The van der Waals surface area contributed by atoms with E-state index in [1.54, 1.807) is 0 Å². The van der Waals surface area contributed by atoms with Gasteiger partial charge in [0.1, 0.15) is 0 Å². The van der Waals surface area contributed by atoms with E-state index in [-0.39, 0.29) is 0 Å². The van der Waals surface area contributed by atoms with Crippen molar-refractivity contribution in [2.75, 3.05) is 26.2 Å². The van der Waals surface area contributed by atoms with Crippen molar-refractivity contribution in [1.82, 2.24) is 15.2 Å². The van der Waals surface area contributed by atoms with E-state index in [0.717, 1.165) is 31.7 Å². The van der Waals surface area contributed by atoms with Crippen LogP contribution in [0.1, 0.15) is 18.9 Å². The maximum Gasteiger partial charge on any atom is 0.0746 e. The van der Waals surface area contributed by atoms with E-state index in [1.165, 1.54) is 23.9 Å². The first-order valence-electron chi connectivity index (χ1n) is 7.58. The lowest BCUT2D eigenvalue weighted by Crippen LogP contribution is -2.38. The molecule has 3 heteroatoms. The molecule has 1 unspecified atom stereocenters. The molecule has 0 spiro atoms. The molecule has 2 heterocycles. The Morgan fingerprint density at radius 1 is 1.30 bits per heavy atom. The summed E-state index contributed by atoms with van der Waals surface area (Å²) in [6.45, 7) is 7.93. The summed E-state index contributed by atoms with van der Waals surface area (Å²) in [4.78, 5) is 7.15. The van der Waals surface area contributed by atoms with Gasteiger partial charge in [0.25, 0.3) is 0 Å². The third-order valence-electron chi connectivity index (χ3n) is 4.00. The van der Waals surface area contributed by atoms with E-state index in [0.29, 0.717) is 5.92 Å². The van der Waals surface area contributed by atoms with E-state index < -0.39 is 0 Å². The van der Waals surface area contributed by atoms with Crippen molar-refractivity contribution in [1.29, 1.82) is 0 Å². The predicted molar refractivity (Wildman–Crippen MR) is 83.7 cm³/mol. The highest BCUT2D eigenvalue weighted by Crippen LogP contribution is 2.18. The SMILES string of the molecule is CC1CNCCCN(Cc2cccc3cccnc23)C1. The average Bonchev–Trinajstić information content (AvgIpc) is 2.45. The molecular weight excluding hydrogens is 246 g/mol. The molecule has 1 aliphatic heterocycles. The van der Waals surface area contributed by atoms with Gasteiger partial charge in [-0.15, -0.1) is 0 Å². The molecule has 2 aromatic rings. The third-order valence-corrected chi connectivity index (χ3v) is 4.00. The molecule has 106 valence electrons. The average molecular weight is 269 g/mol. The Morgan fingerprint density at radius 3 is 3.15 bits per heavy atom. The quantitative estimate of drug-likeness (QED) is 0.908. The number of nitrogens with zero attached hydrogens (tertiary/aromatic N) is 2. The molecule has 1 aromatic carbocycles. The second kappa shape index (κ2) is 6.33. The van der Waals surface area contributed by atoms with Gasteiger partial charge < -0.3 is 5.32 Å². The smallest absolute Gasteiger partial charge is 0.0746 e. The maximum absolute atomic E-state index is 4.57. The second-order valence-corrected chi connectivity index (χ2v) is 5.89. The van der Waals surface area contributed by atoms with Crippen LogP contribution in [0, 0.1) is 5.92 Å². The molecule has 20 heavy (non-hydrogen) atoms. The van der Waals surface area contributed by atoms with Gasteiger partial charge in [-0.2, -0.15) is 0 Å². The van der Waals surface area contributed by atoms with Crippen molar-refractivity contribution in [2.45, 2.75) is 19.9 Å². The molecule has 1 aromatic heterocycles. The minimum absolute atomic E-state index is 0.707. The van der Waals surface area contributed by atoms with Crippen LogP contribution >= 0.6 is 0 Å². The van der Waals surface area contributed by atoms with Crippen LogP contribution in [-0.2, 0) is 6.54 Å². The molecule has 0 radical (unpaired) electrons. The van der Waals surface area contributed by atoms with E-state index in [4.69, 9.17) is 0 Å². The summed E-state index contributed by atoms with van der Waals surface area (Å²) in [6, 6.07) is 10.7. The highest BCUT2D eigenvalue weighted by molar-refractivity contribution is 5.81. The first-order valence-corrected chi connectivity index (χ1v) is 7.58. The van der Waals surface area contributed by atoms with Gasteiger partial charge in [-0.3, -0.25) is 9.88 Å². The van der Waals surface area contributed by atoms with E-state index >= 15 is 0 Å². The molecule has 3 nitrogen and oxygen atoms in total. The summed E-state index contributed by atoms with van der Waals surface area (Å²) >= 11 is 0. The topological polar surface area (TPSA) is 28.2 Å². The number of fused-ring (bicyclic) bond motifs is 1. The summed E-state index contributed by atoms with van der Waals surface area (Å²) < 4.78 is 0. The lowest BCUT2D eigenvalue weighted by Gasteiger charge is -2.28. The summed E-state index contributed by atoms with van der Waals surface area (Å²) in [5.41, 5.74) is 2.51. The Kier molecular flexibility index (Phi) is 4.28. The monoisotopic (exact) mass is 269 g/mol. The van der Waals surface area contributed by atoms with Gasteiger partial charge in [-0.25, -0.2) is 0 Å². The zero-order chi connectivity index (χ0) is 13.8. The van der Waals surface area contributed by atoms with Crippen LogP contribution < -0.4 is 5.32 Å². The molecule has 1 fully saturated rings. The fraction of sp³-hybridized carbons (Fsp3) is 0.471. The molecule has 3 rings (SSSR count). The molecule has 1 aliphatic rings. The fourth-order valence-electron chi connectivity index (χ4n) is 3.05. The number of nitrogens with one attached hydrogen (secondary N) is 1. The highest BCUT2D eigenvalue weighted by atomic mass is 15.1. The Bertz CT molecular complexity index is 562. The standard InChI is InChI=1S/C17H23N3/c1-14-11-18-8-4-10-20(12-14)13-16-6-2-5-15-7-3-9-19-17(15)16/h2-3,5-7,9,14,18H,4,8,10-13H2,1H3. The van der Waals surface area contributed by atoms with Crippen LogP contribution in [0.25, 0.3) is 10.9 Å². The van der Waals surface area contributed by atoms with Crippen LogP contribution in [-0.4, -0.2) is 36.1 Å². The largest absolute Gasteiger partial charge is 0.316 e. The molecule has 1 atom stereocenters. The number of rotatable bonds is 2. The molecule has 0 amide bonds. The Labute approximate surface area is 121 Å². The van der Waals surface area contributed by atoms with Crippen molar-refractivity contribution in [3.8, 4) is 0 Å². The van der Waals surface area contributed by atoms with Gasteiger partial charge in [-0.05, 0) is 43.6 Å². The van der Waals surface area contributed by atoms with E-state index in [9.17, 15) is 0 Å². The summed E-state index contributed by atoms with van der Waals surface area (Å²) in [5.74, 6) is 0.707. The van der Waals surface area contributed by atoms with E-state index in [1.807, 2.05) is 12.3 Å². The second-order valence-electron chi connectivity index (χ2n) is 5.89. The normalized spacial score (nSPS) is 21.6.